The molecule has 7 heteroatoms. The summed E-state index contributed by atoms with van der Waals surface area (Å²) < 4.78 is 18.7. The lowest BCUT2D eigenvalue weighted by Gasteiger charge is -2.36. The minimum atomic E-state index is -2.12. The molecule has 0 aromatic heterocycles. The third kappa shape index (κ3) is 9.72. The van der Waals surface area contributed by atoms with Gasteiger partial charge in [0.1, 0.15) is 0 Å². The summed E-state index contributed by atoms with van der Waals surface area (Å²) in [5.74, 6) is 0. The number of rotatable bonds is 10. The first-order chi connectivity index (χ1) is 8.62. The average Bonchev–Trinajstić information content (AvgIpc) is 2.12. The first kappa shape index (κ1) is 19.2. The normalized spacial score (nSPS) is 13.1. The highest BCUT2D eigenvalue weighted by atomic mass is 28.5. The Balaban J connectivity index is 4.58. The van der Waals surface area contributed by atoms with Crippen molar-refractivity contribution in [3.05, 3.63) is 25.3 Å². The smallest absolute Gasteiger partial charge is 0.312 e. The standard InChI is InChI=1S/C12H30O3Si4/c1-9-11-17(12-10-2)14-19(7,8)15-18(5,6)13-16(3)4/h9-10,16-17H,1-2,11-12H2,3-8H3. The average molecular weight is 335 g/mol. The van der Waals surface area contributed by atoms with Crippen LogP contribution in [0.2, 0.25) is 51.4 Å². The lowest BCUT2D eigenvalue weighted by molar-refractivity contribution is 0.339. The highest BCUT2D eigenvalue weighted by molar-refractivity contribution is 6.84. The summed E-state index contributed by atoms with van der Waals surface area (Å²) in [6.45, 7) is 20.5. The van der Waals surface area contributed by atoms with E-state index in [1.807, 2.05) is 12.2 Å². The topological polar surface area (TPSA) is 27.7 Å². The van der Waals surface area contributed by atoms with Gasteiger partial charge < -0.3 is 12.3 Å². The molecule has 0 aromatic carbocycles. The van der Waals surface area contributed by atoms with Crippen molar-refractivity contribution in [3.8, 4) is 0 Å². The largest absolute Gasteiger partial charge is 0.440 e. The van der Waals surface area contributed by atoms with Crippen LogP contribution in [0.4, 0.5) is 0 Å². The van der Waals surface area contributed by atoms with E-state index in [1.54, 1.807) is 0 Å². The highest BCUT2D eigenvalue weighted by Gasteiger charge is 2.38. The summed E-state index contributed by atoms with van der Waals surface area (Å²) >= 11 is 0. The van der Waals surface area contributed by atoms with Gasteiger partial charge in [-0.2, -0.15) is 0 Å². The third-order valence-corrected chi connectivity index (χ3v) is 15.7. The molecule has 0 saturated carbocycles. The molecule has 0 aliphatic rings. The summed E-state index contributed by atoms with van der Waals surface area (Å²) in [6.07, 6.45) is 3.90. The summed E-state index contributed by atoms with van der Waals surface area (Å²) in [5.41, 5.74) is 0. The van der Waals surface area contributed by atoms with Gasteiger partial charge in [-0.3, -0.25) is 0 Å². The molecule has 19 heavy (non-hydrogen) atoms. The lowest BCUT2D eigenvalue weighted by atomic mass is 10.7. The Bertz CT molecular complexity index is 283. The third-order valence-electron chi connectivity index (χ3n) is 2.32. The van der Waals surface area contributed by atoms with Crippen LogP contribution in [0, 0.1) is 0 Å². The molecular formula is C12H30O3Si4. The van der Waals surface area contributed by atoms with Gasteiger partial charge in [0, 0.05) is 0 Å². The zero-order valence-corrected chi connectivity index (χ0v) is 17.7. The van der Waals surface area contributed by atoms with E-state index >= 15 is 0 Å². The van der Waals surface area contributed by atoms with Crippen LogP contribution in [-0.4, -0.2) is 35.2 Å². The van der Waals surface area contributed by atoms with E-state index in [4.69, 9.17) is 12.3 Å². The van der Waals surface area contributed by atoms with Gasteiger partial charge in [-0.05, 0) is 51.4 Å². The maximum absolute atomic E-state index is 6.32. The molecule has 0 rings (SSSR count). The first-order valence-corrected chi connectivity index (χ1v) is 17.4. The van der Waals surface area contributed by atoms with Crippen LogP contribution in [0.15, 0.2) is 25.3 Å². The number of allylic oxidation sites excluding steroid dienone is 2. The molecular weight excluding hydrogens is 304 g/mol. The van der Waals surface area contributed by atoms with E-state index in [2.05, 4.69) is 52.4 Å². The predicted molar refractivity (Wildman–Crippen MR) is 94.3 cm³/mol. The monoisotopic (exact) mass is 334 g/mol. The fourth-order valence-electron chi connectivity index (χ4n) is 2.17. The Morgan fingerprint density at radius 1 is 0.895 bits per heavy atom. The summed E-state index contributed by atoms with van der Waals surface area (Å²) in [4.78, 5) is 0. The molecule has 0 aromatic rings. The van der Waals surface area contributed by atoms with Gasteiger partial charge in [-0.25, -0.2) is 0 Å². The second-order valence-electron chi connectivity index (χ2n) is 5.86. The van der Waals surface area contributed by atoms with Gasteiger partial charge in [0.25, 0.3) is 0 Å². The van der Waals surface area contributed by atoms with Crippen molar-refractivity contribution in [1.29, 1.82) is 0 Å². The predicted octanol–water partition coefficient (Wildman–Crippen LogP) is 3.52. The Kier molecular flexibility index (Phi) is 8.60. The lowest BCUT2D eigenvalue weighted by Crippen LogP contribution is -2.52. The number of hydrogen-bond acceptors (Lipinski definition) is 3. The zero-order valence-electron chi connectivity index (χ0n) is 13.4. The van der Waals surface area contributed by atoms with Crippen molar-refractivity contribution in [2.45, 2.75) is 51.4 Å². The Hall–Kier alpha value is 0.228. The fraction of sp³-hybridized carbons (Fsp3) is 0.667. The summed E-state index contributed by atoms with van der Waals surface area (Å²) in [6, 6.07) is 1.93. The second-order valence-corrected chi connectivity index (χ2v) is 18.4. The molecule has 0 atom stereocenters. The molecule has 0 aliphatic carbocycles. The molecule has 0 bridgehead atoms. The van der Waals surface area contributed by atoms with Crippen molar-refractivity contribution < 1.29 is 12.3 Å². The van der Waals surface area contributed by atoms with Crippen molar-refractivity contribution in [2.75, 3.05) is 0 Å². The Labute approximate surface area is 124 Å². The molecule has 112 valence electrons. The summed E-state index contributed by atoms with van der Waals surface area (Å²) in [5, 5.41) is 0. The van der Waals surface area contributed by atoms with Gasteiger partial charge in [0.15, 0.2) is 18.1 Å². The van der Waals surface area contributed by atoms with Crippen molar-refractivity contribution in [2.24, 2.45) is 0 Å². The van der Waals surface area contributed by atoms with Crippen LogP contribution in [0.3, 0.4) is 0 Å². The van der Waals surface area contributed by atoms with Crippen molar-refractivity contribution in [1.82, 2.24) is 0 Å². The molecule has 0 radical (unpaired) electrons. The summed E-state index contributed by atoms with van der Waals surface area (Å²) in [7, 11) is -6.53. The van der Waals surface area contributed by atoms with E-state index in [0.717, 1.165) is 12.1 Å². The SMILES string of the molecule is C=CC[SiH](CC=C)O[Si](C)(C)O[Si](C)(C)O[SiH](C)C. The maximum Gasteiger partial charge on any atom is 0.312 e. The van der Waals surface area contributed by atoms with Gasteiger partial charge in [0.2, 0.25) is 0 Å². The second kappa shape index (κ2) is 8.50. The quantitative estimate of drug-likeness (QED) is 0.452. The molecule has 3 nitrogen and oxygen atoms in total. The van der Waals surface area contributed by atoms with E-state index in [1.165, 1.54) is 0 Å². The van der Waals surface area contributed by atoms with Crippen molar-refractivity contribution in [3.63, 3.8) is 0 Å². The molecule has 0 aliphatic heterocycles. The minimum Gasteiger partial charge on any atom is -0.440 e. The maximum atomic E-state index is 6.32. The van der Waals surface area contributed by atoms with Gasteiger partial charge in [0.05, 0.1) is 0 Å². The molecule has 0 N–H and O–H groups in total. The number of hydrogen-bond donors (Lipinski definition) is 0. The van der Waals surface area contributed by atoms with Gasteiger partial charge in [-0.15, -0.1) is 13.2 Å². The van der Waals surface area contributed by atoms with Crippen LogP contribution in [0.5, 0.6) is 0 Å². The van der Waals surface area contributed by atoms with E-state index in [9.17, 15) is 0 Å². The zero-order chi connectivity index (χ0) is 15.1. The van der Waals surface area contributed by atoms with E-state index < -0.39 is 35.2 Å². The van der Waals surface area contributed by atoms with E-state index in [-0.39, 0.29) is 0 Å². The highest BCUT2D eigenvalue weighted by Crippen LogP contribution is 2.20. The molecule has 0 unspecified atom stereocenters. The molecule has 0 fully saturated rings. The van der Waals surface area contributed by atoms with Gasteiger partial charge in [-0.1, -0.05) is 12.2 Å². The Morgan fingerprint density at radius 2 is 1.32 bits per heavy atom. The van der Waals surface area contributed by atoms with E-state index in [0.29, 0.717) is 0 Å². The fourth-order valence-corrected chi connectivity index (χ4v) is 17.6. The minimum absolute atomic E-state index is 0.966. The first-order valence-electron chi connectivity index (χ1n) is 6.89. The van der Waals surface area contributed by atoms with Crippen LogP contribution < -0.4 is 0 Å². The van der Waals surface area contributed by atoms with Crippen molar-refractivity contribution >= 4 is 35.2 Å². The van der Waals surface area contributed by atoms with Crippen LogP contribution in [0.1, 0.15) is 0 Å². The van der Waals surface area contributed by atoms with Crippen LogP contribution >= 0.6 is 0 Å². The molecule has 0 heterocycles. The molecule has 0 amide bonds. The van der Waals surface area contributed by atoms with Crippen LogP contribution in [-0.2, 0) is 12.3 Å². The molecule has 0 saturated heterocycles. The molecule has 0 spiro atoms. The van der Waals surface area contributed by atoms with Gasteiger partial charge >= 0.3 is 17.1 Å². The Morgan fingerprint density at radius 3 is 1.68 bits per heavy atom. The van der Waals surface area contributed by atoms with Crippen LogP contribution in [0.25, 0.3) is 0 Å².